The quantitative estimate of drug-likeness (QED) is 0.348. The summed E-state index contributed by atoms with van der Waals surface area (Å²) in [4.78, 5) is 39.2. The average molecular weight is 569 g/mol. The molecule has 0 aliphatic heterocycles. The lowest BCUT2D eigenvalue weighted by Crippen LogP contribution is -2.45. The molecule has 1 aliphatic rings. The van der Waals surface area contributed by atoms with Gasteiger partial charge in [0.1, 0.15) is 10.1 Å². The second-order valence-electron chi connectivity index (χ2n) is 9.51. The molecule has 4 aromatic rings. The van der Waals surface area contributed by atoms with Crippen molar-refractivity contribution in [2.75, 3.05) is 11.9 Å². The van der Waals surface area contributed by atoms with Gasteiger partial charge in [-0.1, -0.05) is 6.07 Å². The van der Waals surface area contributed by atoms with Gasteiger partial charge in [-0.05, 0) is 61.2 Å². The second kappa shape index (κ2) is 10.0. The van der Waals surface area contributed by atoms with Crippen LogP contribution in [-0.4, -0.2) is 60.1 Å². The van der Waals surface area contributed by atoms with Gasteiger partial charge in [0.15, 0.2) is 11.5 Å². The molecule has 1 aromatic carbocycles. The molecule has 1 aliphatic carbocycles. The lowest BCUT2D eigenvalue weighted by molar-refractivity contribution is -0.140. The van der Waals surface area contributed by atoms with Crippen LogP contribution in [0.5, 0.6) is 0 Å². The lowest BCUT2D eigenvalue weighted by Gasteiger charge is -2.28. The van der Waals surface area contributed by atoms with Crippen molar-refractivity contribution in [3.05, 3.63) is 47.1 Å². The number of benzene rings is 1. The molecule has 1 saturated carbocycles. The predicted octanol–water partition coefficient (Wildman–Crippen LogP) is 3.57. The number of primary amides is 1. The van der Waals surface area contributed by atoms with Gasteiger partial charge in [0.2, 0.25) is 17.8 Å². The number of nitrogens with two attached hydrogens (primary N) is 1. The molecule has 2 atom stereocenters. The number of aromatic nitrogens is 5. The average Bonchev–Trinajstić information content (AvgIpc) is 3.46. The highest BCUT2D eigenvalue weighted by Crippen LogP contribution is 2.31. The molecule has 0 bridgehead atoms. The lowest BCUT2D eigenvalue weighted by atomic mass is 10.1. The minimum absolute atomic E-state index is 0.0157. The number of fused-ring (bicyclic) bond motifs is 2. The monoisotopic (exact) mass is 568 g/mol. The van der Waals surface area contributed by atoms with Gasteiger partial charge in [0.25, 0.3) is 0 Å². The zero-order chi connectivity index (χ0) is 26.3. The maximum Gasteiger partial charge on any atom is 0.237 e. The van der Waals surface area contributed by atoms with E-state index in [4.69, 9.17) is 5.73 Å². The standard InChI is InChI=1S/C25H26BrFN8O2/c1-13(2)34(12-20(28)36)24(37)15-5-6-16(8-15)31-25-30-11-18-22(26)33-35(23(18)32-25)17-9-14-4-3-7-29-21(14)19(27)10-17/h3-4,7,9-11,13,15-16H,5-6,8,12H2,1-2H3,(H2,28,36)(H,30,31,32)/t15-,16-/m1/s1. The summed E-state index contributed by atoms with van der Waals surface area (Å²) >= 11 is 3.45. The van der Waals surface area contributed by atoms with E-state index in [0.29, 0.717) is 45.5 Å². The smallest absolute Gasteiger partial charge is 0.237 e. The number of nitrogens with zero attached hydrogens (tertiary/aromatic N) is 6. The molecule has 3 heterocycles. The van der Waals surface area contributed by atoms with Crippen LogP contribution in [0, 0.1) is 11.7 Å². The SMILES string of the molecule is CC(C)N(CC(N)=O)C(=O)[C@@H]1CC[C@@H](Nc2ncc3c(Br)nn(-c4cc(F)c5ncccc5c4)c3n2)C1. The highest BCUT2D eigenvalue weighted by Gasteiger charge is 2.34. The van der Waals surface area contributed by atoms with Gasteiger partial charge < -0.3 is 16.0 Å². The van der Waals surface area contributed by atoms with Crippen molar-refractivity contribution in [3.63, 3.8) is 0 Å². The van der Waals surface area contributed by atoms with Crippen LogP contribution in [0.25, 0.3) is 27.6 Å². The predicted molar refractivity (Wildman–Crippen MR) is 140 cm³/mol. The summed E-state index contributed by atoms with van der Waals surface area (Å²) in [6.45, 7) is 3.65. The Balaban J connectivity index is 1.38. The van der Waals surface area contributed by atoms with E-state index in [0.717, 1.165) is 6.42 Å². The normalized spacial score (nSPS) is 17.5. The van der Waals surface area contributed by atoms with Crippen LogP contribution in [0.15, 0.2) is 41.3 Å². The Bertz CT molecular complexity index is 1510. The van der Waals surface area contributed by atoms with Crippen LogP contribution in [0.1, 0.15) is 33.1 Å². The van der Waals surface area contributed by atoms with E-state index in [1.54, 1.807) is 35.3 Å². The molecule has 37 heavy (non-hydrogen) atoms. The van der Waals surface area contributed by atoms with E-state index in [9.17, 15) is 14.0 Å². The summed E-state index contributed by atoms with van der Waals surface area (Å²) in [5.41, 5.74) is 6.64. The molecule has 3 N–H and O–H groups in total. The molecule has 0 saturated heterocycles. The van der Waals surface area contributed by atoms with E-state index < -0.39 is 11.7 Å². The molecule has 3 aromatic heterocycles. The van der Waals surface area contributed by atoms with Crippen LogP contribution in [0.3, 0.4) is 0 Å². The molecule has 0 spiro atoms. The number of carbonyl (C=O) groups excluding carboxylic acids is 2. The number of halogens is 2. The fourth-order valence-corrected chi connectivity index (χ4v) is 5.25. The first-order chi connectivity index (χ1) is 17.7. The fourth-order valence-electron chi connectivity index (χ4n) is 4.81. The second-order valence-corrected chi connectivity index (χ2v) is 10.3. The number of pyridine rings is 1. The first-order valence-corrected chi connectivity index (χ1v) is 12.8. The molecule has 10 nitrogen and oxygen atoms in total. The van der Waals surface area contributed by atoms with Gasteiger partial charge in [-0.15, -0.1) is 0 Å². The molecule has 1 fully saturated rings. The third kappa shape index (κ3) is 4.97. The van der Waals surface area contributed by atoms with E-state index in [2.05, 4.69) is 41.3 Å². The summed E-state index contributed by atoms with van der Waals surface area (Å²) in [6, 6.07) is 6.59. The van der Waals surface area contributed by atoms with Gasteiger partial charge in [0, 0.05) is 41.8 Å². The Hall–Kier alpha value is -3.67. The molecule has 5 rings (SSSR count). The highest BCUT2D eigenvalue weighted by atomic mass is 79.9. The van der Waals surface area contributed by atoms with Crippen molar-refractivity contribution in [3.8, 4) is 5.69 Å². The summed E-state index contributed by atoms with van der Waals surface area (Å²) in [5.74, 6) is -0.864. The van der Waals surface area contributed by atoms with Crippen molar-refractivity contribution in [1.29, 1.82) is 0 Å². The largest absolute Gasteiger partial charge is 0.368 e. The Kier molecular flexibility index (Phi) is 6.76. The van der Waals surface area contributed by atoms with Crippen molar-refractivity contribution in [1.82, 2.24) is 29.6 Å². The van der Waals surface area contributed by atoms with E-state index in [1.807, 2.05) is 13.8 Å². The van der Waals surface area contributed by atoms with Crippen molar-refractivity contribution < 1.29 is 14.0 Å². The number of hydrogen-bond donors (Lipinski definition) is 2. The zero-order valence-corrected chi connectivity index (χ0v) is 21.9. The van der Waals surface area contributed by atoms with Gasteiger partial charge in [-0.2, -0.15) is 10.1 Å². The molecular weight excluding hydrogens is 543 g/mol. The van der Waals surface area contributed by atoms with E-state index >= 15 is 0 Å². The summed E-state index contributed by atoms with van der Waals surface area (Å²) < 4.78 is 16.9. The number of anilines is 1. The number of carbonyl (C=O) groups is 2. The Morgan fingerprint density at radius 2 is 2.11 bits per heavy atom. The highest BCUT2D eigenvalue weighted by molar-refractivity contribution is 9.10. The maximum atomic E-state index is 14.8. The maximum absolute atomic E-state index is 14.8. The van der Waals surface area contributed by atoms with Gasteiger partial charge >= 0.3 is 0 Å². The molecule has 192 valence electrons. The fraction of sp³-hybridized carbons (Fsp3) is 0.360. The van der Waals surface area contributed by atoms with Crippen LogP contribution in [-0.2, 0) is 9.59 Å². The number of amides is 2. The summed E-state index contributed by atoms with van der Waals surface area (Å²) in [7, 11) is 0. The topological polar surface area (TPSA) is 132 Å². The van der Waals surface area contributed by atoms with Gasteiger partial charge in [-0.3, -0.25) is 14.6 Å². The minimum Gasteiger partial charge on any atom is -0.368 e. The van der Waals surface area contributed by atoms with Crippen LogP contribution >= 0.6 is 15.9 Å². The van der Waals surface area contributed by atoms with Crippen LogP contribution in [0.2, 0.25) is 0 Å². The molecule has 0 unspecified atom stereocenters. The summed E-state index contributed by atoms with van der Waals surface area (Å²) in [5, 5.41) is 9.16. The Morgan fingerprint density at radius 1 is 1.30 bits per heavy atom. The number of nitrogens with one attached hydrogen (secondary N) is 1. The minimum atomic E-state index is -0.526. The third-order valence-electron chi connectivity index (χ3n) is 6.61. The number of rotatable bonds is 7. The zero-order valence-electron chi connectivity index (χ0n) is 20.4. The summed E-state index contributed by atoms with van der Waals surface area (Å²) in [6.07, 6.45) is 5.24. The Morgan fingerprint density at radius 3 is 2.86 bits per heavy atom. The van der Waals surface area contributed by atoms with Crippen molar-refractivity contribution in [2.45, 2.75) is 45.2 Å². The van der Waals surface area contributed by atoms with Gasteiger partial charge in [0.05, 0.1) is 17.6 Å². The molecule has 0 radical (unpaired) electrons. The van der Waals surface area contributed by atoms with Crippen molar-refractivity contribution >= 4 is 55.6 Å². The van der Waals surface area contributed by atoms with Crippen LogP contribution < -0.4 is 11.1 Å². The van der Waals surface area contributed by atoms with Crippen molar-refractivity contribution in [2.24, 2.45) is 11.7 Å². The molecule has 2 amide bonds. The first kappa shape index (κ1) is 25.0. The molecular formula is C25H26BrFN8O2. The third-order valence-corrected chi connectivity index (χ3v) is 7.20. The van der Waals surface area contributed by atoms with Gasteiger partial charge in [-0.25, -0.2) is 14.1 Å². The number of hydrogen-bond acceptors (Lipinski definition) is 7. The first-order valence-electron chi connectivity index (χ1n) is 12.0. The molecule has 12 heteroatoms. The van der Waals surface area contributed by atoms with E-state index in [-0.39, 0.29) is 36.0 Å². The van der Waals surface area contributed by atoms with E-state index in [1.165, 1.54) is 11.0 Å². The van der Waals surface area contributed by atoms with Crippen LogP contribution in [0.4, 0.5) is 10.3 Å². The Labute approximate surface area is 220 Å².